The lowest BCUT2D eigenvalue weighted by atomic mass is 9.99. The third-order valence-corrected chi connectivity index (χ3v) is 10.4. The van der Waals surface area contributed by atoms with Crippen molar-refractivity contribution >= 4 is 14.4 Å². The van der Waals surface area contributed by atoms with E-state index in [2.05, 4.69) is 52.9 Å². The van der Waals surface area contributed by atoms with Gasteiger partial charge >= 0.3 is 6.09 Å². The first-order valence-electron chi connectivity index (χ1n) is 10.7. The van der Waals surface area contributed by atoms with E-state index >= 15 is 0 Å². The molecule has 1 aromatic heterocycles. The van der Waals surface area contributed by atoms with E-state index in [1.165, 1.54) is 5.56 Å². The molecule has 164 valence electrons. The molecule has 0 N–H and O–H groups in total. The largest absolute Gasteiger partial charge is 0.444 e. The average molecular weight is 421 g/mol. The molecule has 1 aliphatic heterocycles. The maximum absolute atomic E-state index is 12.7. The fourth-order valence-electron chi connectivity index (χ4n) is 3.50. The lowest BCUT2D eigenvalue weighted by Crippen LogP contribution is -2.46. The standard InChI is InChI=1S/C23H40N2O3Si/c1-16-11-17(2)24-19(12-16)13-18-14-25(21(26)27-22(3,4)5)15-20(18)28-29(9,10)23(6,7)8/h11-12,18,20H,13-15H2,1-10H3/t18-,20-/m1/s1. The number of hydrogen-bond acceptors (Lipinski definition) is 4. The van der Waals surface area contributed by atoms with Crippen molar-refractivity contribution in [1.82, 2.24) is 9.88 Å². The van der Waals surface area contributed by atoms with Gasteiger partial charge in [-0.15, -0.1) is 0 Å². The van der Waals surface area contributed by atoms with Gasteiger partial charge in [0.25, 0.3) is 0 Å². The van der Waals surface area contributed by atoms with Crippen LogP contribution in [0.4, 0.5) is 4.79 Å². The molecule has 2 atom stereocenters. The first kappa shape index (κ1) is 23.9. The van der Waals surface area contributed by atoms with Crippen molar-refractivity contribution in [2.75, 3.05) is 13.1 Å². The predicted octanol–water partition coefficient (Wildman–Crippen LogP) is 5.50. The second-order valence-corrected chi connectivity index (χ2v) is 15.8. The minimum absolute atomic E-state index is 0.00558. The highest BCUT2D eigenvalue weighted by molar-refractivity contribution is 6.74. The van der Waals surface area contributed by atoms with Gasteiger partial charge in [0.1, 0.15) is 5.60 Å². The molecule has 2 heterocycles. The van der Waals surface area contributed by atoms with Crippen LogP contribution in [0, 0.1) is 19.8 Å². The molecule has 0 spiro atoms. The maximum Gasteiger partial charge on any atom is 0.410 e. The zero-order valence-electron chi connectivity index (χ0n) is 20.0. The fourth-order valence-corrected chi connectivity index (χ4v) is 4.88. The Morgan fingerprint density at radius 2 is 1.76 bits per heavy atom. The summed E-state index contributed by atoms with van der Waals surface area (Å²) < 4.78 is 12.4. The highest BCUT2D eigenvalue weighted by Crippen LogP contribution is 2.39. The minimum Gasteiger partial charge on any atom is -0.444 e. The molecule has 6 heteroatoms. The van der Waals surface area contributed by atoms with Crippen LogP contribution in [0.2, 0.25) is 18.1 Å². The molecule has 1 saturated heterocycles. The van der Waals surface area contributed by atoms with Crippen molar-refractivity contribution in [2.45, 2.75) is 91.6 Å². The maximum atomic E-state index is 12.7. The lowest BCUT2D eigenvalue weighted by Gasteiger charge is -2.39. The molecule has 0 saturated carbocycles. The van der Waals surface area contributed by atoms with Gasteiger partial charge < -0.3 is 14.1 Å². The van der Waals surface area contributed by atoms with E-state index < -0.39 is 13.9 Å². The Kier molecular flexibility index (Phi) is 6.90. The Labute approximate surface area is 178 Å². The van der Waals surface area contributed by atoms with Gasteiger partial charge in [0.05, 0.1) is 6.10 Å². The summed E-state index contributed by atoms with van der Waals surface area (Å²) in [4.78, 5) is 19.3. The first-order chi connectivity index (χ1) is 13.1. The molecule has 0 bridgehead atoms. The molecule has 1 fully saturated rings. The van der Waals surface area contributed by atoms with Crippen LogP contribution in [0.15, 0.2) is 12.1 Å². The molecule has 29 heavy (non-hydrogen) atoms. The zero-order chi connectivity index (χ0) is 22.2. The monoisotopic (exact) mass is 420 g/mol. The number of rotatable bonds is 4. The Bertz CT molecular complexity index is 714. The predicted molar refractivity (Wildman–Crippen MR) is 121 cm³/mol. The summed E-state index contributed by atoms with van der Waals surface area (Å²) in [5.74, 6) is 0.213. The second kappa shape index (κ2) is 8.38. The summed E-state index contributed by atoms with van der Waals surface area (Å²) in [6.45, 7) is 22.4. The van der Waals surface area contributed by atoms with Crippen molar-refractivity contribution in [3.05, 3.63) is 29.1 Å². The molecule has 1 aliphatic rings. The molecule has 0 aliphatic carbocycles. The fraction of sp³-hybridized carbons (Fsp3) is 0.739. The van der Waals surface area contributed by atoms with Gasteiger partial charge in [0.2, 0.25) is 0 Å². The van der Waals surface area contributed by atoms with Crippen LogP contribution < -0.4 is 0 Å². The van der Waals surface area contributed by atoms with E-state index in [1.54, 1.807) is 0 Å². The molecule has 0 aromatic carbocycles. The van der Waals surface area contributed by atoms with E-state index in [9.17, 15) is 4.79 Å². The number of aryl methyl sites for hydroxylation is 2. The van der Waals surface area contributed by atoms with Gasteiger partial charge in [-0.3, -0.25) is 4.98 Å². The van der Waals surface area contributed by atoms with Gasteiger partial charge in [0, 0.05) is 30.4 Å². The highest BCUT2D eigenvalue weighted by atomic mass is 28.4. The molecular formula is C23H40N2O3Si. The summed E-state index contributed by atoms with van der Waals surface area (Å²) in [5.41, 5.74) is 2.82. The van der Waals surface area contributed by atoms with Crippen LogP contribution in [-0.4, -0.2) is 49.1 Å². The van der Waals surface area contributed by atoms with Crippen LogP contribution in [0.3, 0.4) is 0 Å². The second-order valence-electron chi connectivity index (χ2n) is 11.0. The number of carbonyl (C=O) groups excluding carboxylic acids is 1. The highest BCUT2D eigenvalue weighted by Gasteiger charge is 2.45. The van der Waals surface area contributed by atoms with Gasteiger partial charge in [-0.05, 0) is 76.9 Å². The number of nitrogens with zero attached hydrogens (tertiary/aromatic N) is 2. The Hall–Kier alpha value is -1.40. The van der Waals surface area contributed by atoms with Crippen molar-refractivity contribution in [2.24, 2.45) is 5.92 Å². The van der Waals surface area contributed by atoms with Crippen molar-refractivity contribution in [1.29, 1.82) is 0 Å². The number of carbonyl (C=O) groups is 1. The number of ether oxygens (including phenoxy) is 1. The van der Waals surface area contributed by atoms with Crippen LogP contribution in [0.1, 0.15) is 58.5 Å². The van der Waals surface area contributed by atoms with E-state index in [0.29, 0.717) is 13.1 Å². The summed E-state index contributed by atoms with van der Waals surface area (Å²) in [7, 11) is -1.96. The Morgan fingerprint density at radius 3 is 2.28 bits per heavy atom. The average Bonchev–Trinajstić information content (AvgIpc) is 2.85. The van der Waals surface area contributed by atoms with Crippen molar-refractivity contribution in [3.8, 4) is 0 Å². The van der Waals surface area contributed by atoms with Crippen LogP contribution in [-0.2, 0) is 15.6 Å². The van der Waals surface area contributed by atoms with Gasteiger partial charge in [-0.25, -0.2) is 4.79 Å². The Balaban J connectivity index is 2.24. The van der Waals surface area contributed by atoms with E-state index in [4.69, 9.17) is 14.1 Å². The Morgan fingerprint density at radius 1 is 1.14 bits per heavy atom. The SMILES string of the molecule is Cc1cc(C)nc(C[C@@H]2CN(C(=O)OC(C)(C)C)C[C@H]2O[Si](C)(C)C(C)(C)C)c1. The summed E-state index contributed by atoms with van der Waals surface area (Å²) in [6.07, 6.45) is 0.560. The third-order valence-electron chi connectivity index (χ3n) is 5.91. The zero-order valence-corrected chi connectivity index (χ0v) is 21.0. The van der Waals surface area contributed by atoms with E-state index in [0.717, 1.165) is 17.8 Å². The summed E-state index contributed by atoms with van der Waals surface area (Å²) in [6, 6.07) is 4.24. The van der Waals surface area contributed by atoms with Crippen molar-refractivity contribution in [3.63, 3.8) is 0 Å². The molecule has 0 radical (unpaired) electrons. The number of likely N-dealkylation sites (tertiary alicyclic amines) is 1. The van der Waals surface area contributed by atoms with Crippen LogP contribution in [0.25, 0.3) is 0 Å². The number of pyridine rings is 1. The van der Waals surface area contributed by atoms with Crippen molar-refractivity contribution < 1.29 is 14.0 Å². The smallest absolute Gasteiger partial charge is 0.410 e. The molecular weight excluding hydrogens is 380 g/mol. The van der Waals surface area contributed by atoms with E-state index in [-0.39, 0.29) is 23.2 Å². The number of amides is 1. The molecule has 0 unspecified atom stereocenters. The molecule has 2 rings (SSSR count). The van der Waals surface area contributed by atoms with Gasteiger partial charge in [0.15, 0.2) is 8.32 Å². The summed E-state index contributed by atoms with van der Waals surface area (Å²) >= 11 is 0. The number of hydrogen-bond donors (Lipinski definition) is 0. The third kappa shape index (κ3) is 6.54. The minimum atomic E-state index is -1.96. The first-order valence-corrected chi connectivity index (χ1v) is 13.6. The number of aromatic nitrogens is 1. The van der Waals surface area contributed by atoms with Gasteiger partial charge in [-0.2, -0.15) is 0 Å². The lowest BCUT2D eigenvalue weighted by molar-refractivity contribution is 0.0272. The normalized spacial score (nSPS) is 20.8. The topological polar surface area (TPSA) is 51.7 Å². The molecule has 1 amide bonds. The molecule has 1 aromatic rings. The van der Waals surface area contributed by atoms with Crippen LogP contribution in [0.5, 0.6) is 0 Å². The van der Waals surface area contributed by atoms with Gasteiger partial charge in [-0.1, -0.05) is 20.8 Å². The van der Waals surface area contributed by atoms with E-state index in [1.807, 2.05) is 32.6 Å². The summed E-state index contributed by atoms with van der Waals surface area (Å²) in [5, 5.41) is 0.120. The van der Waals surface area contributed by atoms with Crippen LogP contribution >= 0.6 is 0 Å². The molecule has 5 nitrogen and oxygen atoms in total. The quantitative estimate of drug-likeness (QED) is 0.604.